The van der Waals surface area contributed by atoms with Crippen molar-refractivity contribution < 1.29 is 9.59 Å². The second kappa shape index (κ2) is 7.27. The van der Waals surface area contributed by atoms with Crippen LogP contribution in [-0.2, 0) is 11.3 Å². The molecule has 2 unspecified atom stereocenters. The second-order valence-electron chi connectivity index (χ2n) is 8.36. The van der Waals surface area contributed by atoms with Crippen LogP contribution in [0.2, 0.25) is 5.02 Å². The molecule has 160 valence electrons. The van der Waals surface area contributed by atoms with Crippen molar-refractivity contribution in [3.63, 3.8) is 0 Å². The van der Waals surface area contributed by atoms with Gasteiger partial charge >= 0.3 is 6.03 Å². The lowest BCUT2D eigenvalue weighted by atomic mass is 10.0. The Kier molecular flexibility index (Phi) is 4.66. The molecule has 2 saturated heterocycles. The number of imide groups is 1. The molecule has 0 bridgehead atoms. The van der Waals surface area contributed by atoms with Crippen LogP contribution in [0, 0.1) is 13.8 Å². The maximum atomic E-state index is 13.5. The summed E-state index contributed by atoms with van der Waals surface area (Å²) in [5.41, 5.74) is 4.12. The molecule has 0 N–H and O–H groups in total. The van der Waals surface area contributed by atoms with Crippen LogP contribution in [0.5, 0.6) is 0 Å². The predicted molar refractivity (Wildman–Crippen MR) is 120 cm³/mol. The number of hydrogen-bond acceptors (Lipinski definition) is 5. The number of urea groups is 1. The van der Waals surface area contributed by atoms with E-state index in [0.717, 1.165) is 34.9 Å². The van der Waals surface area contributed by atoms with Crippen molar-refractivity contribution in [2.45, 2.75) is 32.6 Å². The second-order valence-corrected chi connectivity index (χ2v) is 8.79. The number of halogens is 1. The zero-order chi connectivity index (χ0) is 21.9. The molecule has 3 heterocycles. The average Bonchev–Trinajstić information content (AvgIpc) is 3.32. The fourth-order valence-electron chi connectivity index (χ4n) is 4.59. The van der Waals surface area contributed by atoms with Gasteiger partial charge in [0.25, 0.3) is 5.91 Å². The summed E-state index contributed by atoms with van der Waals surface area (Å²) in [5, 5.41) is 0.671. The number of amides is 3. The molecule has 0 radical (unpaired) electrons. The van der Waals surface area contributed by atoms with Crippen LogP contribution in [-0.4, -0.2) is 64.9 Å². The van der Waals surface area contributed by atoms with Gasteiger partial charge in [0.1, 0.15) is 0 Å². The van der Waals surface area contributed by atoms with Crippen LogP contribution in [0.3, 0.4) is 0 Å². The molecule has 2 fully saturated rings. The number of guanidine groups is 1. The SMILES string of the molecule is Cc1ccc(C)c(CN2C(=O)C3C(N=C4N(c5ccc(Cl)cc5)CCN43)N(C)C2=O)c1. The highest BCUT2D eigenvalue weighted by Gasteiger charge is 2.54. The first-order valence-electron chi connectivity index (χ1n) is 10.4. The Morgan fingerprint density at radius 3 is 2.55 bits per heavy atom. The third kappa shape index (κ3) is 3.15. The maximum absolute atomic E-state index is 13.5. The molecule has 0 aliphatic carbocycles. The summed E-state index contributed by atoms with van der Waals surface area (Å²) in [4.78, 5) is 38.5. The molecule has 3 amide bonds. The smallest absolute Gasteiger partial charge is 0.325 e. The molecular weight excluding hydrogens is 414 g/mol. The van der Waals surface area contributed by atoms with Crippen molar-refractivity contribution >= 4 is 35.2 Å². The predicted octanol–water partition coefficient (Wildman–Crippen LogP) is 3.24. The Labute approximate surface area is 186 Å². The molecule has 0 saturated carbocycles. The lowest BCUT2D eigenvalue weighted by molar-refractivity contribution is -0.137. The number of carbonyl (C=O) groups is 2. The maximum Gasteiger partial charge on any atom is 0.328 e. The van der Waals surface area contributed by atoms with Gasteiger partial charge in [-0.05, 0) is 49.2 Å². The van der Waals surface area contributed by atoms with Crippen LogP contribution in [0.25, 0.3) is 0 Å². The van der Waals surface area contributed by atoms with E-state index in [-0.39, 0.29) is 18.5 Å². The van der Waals surface area contributed by atoms with Crippen LogP contribution in [0.15, 0.2) is 47.5 Å². The molecule has 5 rings (SSSR count). The summed E-state index contributed by atoms with van der Waals surface area (Å²) in [6, 6.07) is 12.9. The summed E-state index contributed by atoms with van der Waals surface area (Å²) in [5.74, 6) is 0.546. The highest BCUT2D eigenvalue weighted by Crippen LogP contribution is 2.34. The van der Waals surface area contributed by atoms with E-state index in [2.05, 4.69) is 4.90 Å². The number of fused-ring (bicyclic) bond motifs is 3. The van der Waals surface area contributed by atoms with E-state index in [1.54, 1.807) is 11.9 Å². The number of likely N-dealkylation sites (N-methyl/N-ethyl adjacent to an activating group) is 1. The van der Waals surface area contributed by atoms with E-state index in [4.69, 9.17) is 16.6 Å². The van der Waals surface area contributed by atoms with Crippen molar-refractivity contribution in [1.82, 2.24) is 14.7 Å². The lowest BCUT2D eigenvalue weighted by Crippen LogP contribution is -2.64. The molecule has 2 aromatic rings. The van der Waals surface area contributed by atoms with Crippen molar-refractivity contribution in [2.75, 3.05) is 25.0 Å². The number of anilines is 1. The normalized spacial score (nSPS) is 22.8. The van der Waals surface area contributed by atoms with Crippen LogP contribution in [0.4, 0.5) is 10.5 Å². The fraction of sp³-hybridized carbons (Fsp3) is 0.348. The highest BCUT2D eigenvalue weighted by atomic mass is 35.5. The topological polar surface area (TPSA) is 59.5 Å². The molecule has 2 aromatic carbocycles. The molecule has 7 nitrogen and oxygen atoms in total. The van der Waals surface area contributed by atoms with Gasteiger partial charge < -0.3 is 14.7 Å². The minimum Gasteiger partial charge on any atom is -0.325 e. The number of hydrogen-bond donors (Lipinski definition) is 0. The quantitative estimate of drug-likeness (QED) is 0.739. The first-order chi connectivity index (χ1) is 14.8. The van der Waals surface area contributed by atoms with Gasteiger partial charge in [-0.3, -0.25) is 9.69 Å². The van der Waals surface area contributed by atoms with Crippen molar-refractivity contribution in [1.29, 1.82) is 0 Å². The monoisotopic (exact) mass is 437 g/mol. The molecule has 0 aromatic heterocycles. The third-order valence-corrected chi connectivity index (χ3v) is 6.60. The van der Waals surface area contributed by atoms with Crippen molar-refractivity contribution in [2.24, 2.45) is 4.99 Å². The van der Waals surface area contributed by atoms with Gasteiger partial charge in [-0.1, -0.05) is 35.4 Å². The van der Waals surface area contributed by atoms with Crippen LogP contribution >= 0.6 is 11.6 Å². The fourth-order valence-corrected chi connectivity index (χ4v) is 4.71. The van der Waals surface area contributed by atoms with Gasteiger partial charge in [0.2, 0.25) is 5.96 Å². The Morgan fingerprint density at radius 2 is 1.81 bits per heavy atom. The minimum absolute atomic E-state index is 0.189. The summed E-state index contributed by atoms with van der Waals surface area (Å²) < 4.78 is 0. The number of aliphatic imine (C=N–C) groups is 1. The van der Waals surface area contributed by atoms with Gasteiger partial charge in [-0.15, -0.1) is 0 Å². The largest absolute Gasteiger partial charge is 0.328 e. The summed E-state index contributed by atoms with van der Waals surface area (Å²) >= 11 is 6.03. The van der Waals surface area contributed by atoms with E-state index in [1.807, 2.05) is 61.2 Å². The first kappa shape index (κ1) is 19.9. The van der Waals surface area contributed by atoms with E-state index in [1.165, 1.54) is 4.90 Å². The summed E-state index contributed by atoms with van der Waals surface area (Å²) in [6.07, 6.45) is -0.514. The Hall–Kier alpha value is -3.06. The van der Waals surface area contributed by atoms with Crippen LogP contribution < -0.4 is 4.90 Å². The Bertz CT molecular complexity index is 1100. The van der Waals surface area contributed by atoms with Crippen molar-refractivity contribution in [3.05, 3.63) is 64.2 Å². The van der Waals surface area contributed by atoms with Gasteiger partial charge in [0.05, 0.1) is 6.54 Å². The average molecular weight is 438 g/mol. The van der Waals surface area contributed by atoms with Crippen molar-refractivity contribution in [3.8, 4) is 0 Å². The number of rotatable bonds is 3. The van der Waals surface area contributed by atoms with E-state index in [0.29, 0.717) is 11.6 Å². The van der Waals surface area contributed by atoms with Gasteiger partial charge in [0.15, 0.2) is 12.2 Å². The lowest BCUT2D eigenvalue weighted by Gasteiger charge is -2.40. The van der Waals surface area contributed by atoms with E-state index >= 15 is 0 Å². The first-order valence-corrected chi connectivity index (χ1v) is 10.7. The molecule has 2 atom stereocenters. The Morgan fingerprint density at radius 1 is 1.06 bits per heavy atom. The molecule has 31 heavy (non-hydrogen) atoms. The van der Waals surface area contributed by atoms with E-state index in [9.17, 15) is 9.59 Å². The standard InChI is InChI=1S/C23H24ClN5O2/c1-14-4-5-15(2)16(12-14)13-29-21(30)19-20(26(3)23(29)31)25-22-27(10-11-28(19)22)18-8-6-17(24)7-9-18/h4-9,12,19-20H,10-11,13H2,1-3H3. The Balaban J connectivity index is 1.44. The number of benzene rings is 2. The zero-order valence-electron chi connectivity index (χ0n) is 17.7. The third-order valence-electron chi connectivity index (χ3n) is 6.35. The zero-order valence-corrected chi connectivity index (χ0v) is 18.5. The van der Waals surface area contributed by atoms with Gasteiger partial charge in [-0.2, -0.15) is 0 Å². The molecule has 3 aliphatic rings. The molecule has 3 aliphatic heterocycles. The molecular formula is C23H24ClN5O2. The van der Waals surface area contributed by atoms with Gasteiger partial charge in [0, 0.05) is 30.8 Å². The number of aryl methyl sites for hydroxylation is 2. The molecule has 0 spiro atoms. The summed E-state index contributed by atoms with van der Waals surface area (Å²) in [7, 11) is 1.72. The molecule has 8 heteroatoms. The number of nitrogens with zero attached hydrogens (tertiary/aromatic N) is 5. The van der Waals surface area contributed by atoms with Crippen LogP contribution in [0.1, 0.15) is 16.7 Å². The summed E-state index contributed by atoms with van der Waals surface area (Å²) in [6.45, 7) is 5.68. The van der Waals surface area contributed by atoms with E-state index < -0.39 is 12.2 Å². The minimum atomic E-state index is -0.514. The van der Waals surface area contributed by atoms with Gasteiger partial charge in [-0.25, -0.2) is 9.79 Å². The number of carbonyl (C=O) groups excluding carboxylic acids is 2. The highest BCUT2D eigenvalue weighted by molar-refractivity contribution is 6.30.